The molecule has 0 saturated heterocycles. The SMILES string of the molecule is C=CCOc1ccccc1[C@H]1CC(=O)Nc2c(-c3ccc(OC)cc3)csc21. The van der Waals surface area contributed by atoms with E-state index < -0.39 is 0 Å². The third-order valence-corrected chi connectivity index (χ3v) is 5.94. The highest BCUT2D eigenvalue weighted by Gasteiger charge is 2.32. The summed E-state index contributed by atoms with van der Waals surface area (Å²) in [7, 11) is 1.65. The first-order valence-corrected chi connectivity index (χ1v) is 9.97. The highest BCUT2D eigenvalue weighted by Crippen LogP contribution is 2.48. The molecule has 4 nitrogen and oxygen atoms in total. The molecule has 1 atom stereocenters. The molecular weight excluding hydrogens is 370 g/mol. The van der Waals surface area contributed by atoms with Gasteiger partial charge in [-0.3, -0.25) is 4.79 Å². The third kappa shape index (κ3) is 3.41. The summed E-state index contributed by atoms with van der Waals surface area (Å²) in [4.78, 5) is 13.7. The molecule has 0 bridgehead atoms. The molecule has 3 aromatic rings. The maximum atomic E-state index is 12.5. The largest absolute Gasteiger partial charge is 0.497 e. The molecule has 1 amide bonds. The molecule has 2 heterocycles. The molecule has 1 aromatic heterocycles. The number of benzene rings is 2. The fraction of sp³-hybridized carbons (Fsp3) is 0.174. The number of fused-ring (bicyclic) bond motifs is 1. The van der Waals surface area contributed by atoms with Crippen molar-refractivity contribution >= 4 is 22.9 Å². The lowest BCUT2D eigenvalue weighted by atomic mass is 9.88. The lowest BCUT2D eigenvalue weighted by molar-refractivity contribution is -0.116. The average Bonchev–Trinajstić information content (AvgIpc) is 3.15. The van der Waals surface area contributed by atoms with Crippen LogP contribution in [0.5, 0.6) is 11.5 Å². The summed E-state index contributed by atoms with van der Waals surface area (Å²) in [5.41, 5.74) is 4.01. The number of para-hydroxylation sites is 1. The number of amides is 1. The van der Waals surface area contributed by atoms with Crippen molar-refractivity contribution in [3.8, 4) is 22.6 Å². The fourth-order valence-corrected chi connectivity index (χ4v) is 4.66. The van der Waals surface area contributed by atoms with E-state index in [0.717, 1.165) is 38.8 Å². The minimum Gasteiger partial charge on any atom is -0.497 e. The lowest BCUT2D eigenvalue weighted by Crippen LogP contribution is -2.22. The molecule has 142 valence electrons. The van der Waals surface area contributed by atoms with Gasteiger partial charge >= 0.3 is 0 Å². The highest BCUT2D eigenvalue weighted by molar-refractivity contribution is 7.11. The van der Waals surface area contributed by atoms with Crippen molar-refractivity contribution in [1.29, 1.82) is 0 Å². The van der Waals surface area contributed by atoms with Crippen LogP contribution in [-0.2, 0) is 4.79 Å². The van der Waals surface area contributed by atoms with Crippen LogP contribution in [0.15, 0.2) is 66.6 Å². The first-order chi connectivity index (χ1) is 13.7. The summed E-state index contributed by atoms with van der Waals surface area (Å²) in [5, 5.41) is 5.19. The van der Waals surface area contributed by atoms with Crippen LogP contribution in [0.25, 0.3) is 11.1 Å². The van der Waals surface area contributed by atoms with Crippen molar-refractivity contribution in [2.75, 3.05) is 19.0 Å². The van der Waals surface area contributed by atoms with Crippen molar-refractivity contribution in [1.82, 2.24) is 0 Å². The van der Waals surface area contributed by atoms with Crippen LogP contribution in [0.1, 0.15) is 22.8 Å². The Morgan fingerprint density at radius 1 is 1.21 bits per heavy atom. The van der Waals surface area contributed by atoms with E-state index in [4.69, 9.17) is 9.47 Å². The van der Waals surface area contributed by atoms with E-state index in [-0.39, 0.29) is 11.8 Å². The van der Waals surface area contributed by atoms with Gasteiger partial charge in [-0.2, -0.15) is 0 Å². The molecule has 4 rings (SSSR count). The molecular formula is C23H21NO3S. The maximum Gasteiger partial charge on any atom is 0.225 e. The number of rotatable bonds is 6. The van der Waals surface area contributed by atoms with Crippen molar-refractivity contribution in [3.05, 3.63) is 77.0 Å². The van der Waals surface area contributed by atoms with Crippen LogP contribution in [0, 0.1) is 0 Å². The molecule has 0 fully saturated rings. The normalized spacial score (nSPS) is 15.5. The number of ether oxygens (including phenoxy) is 2. The number of carbonyl (C=O) groups is 1. The quantitative estimate of drug-likeness (QED) is 0.568. The molecule has 28 heavy (non-hydrogen) atoms. The zero-order valence-electron chi connectivity index (χ0n) is 15.6. The van der Waals surface area contributed by atoms with E-state index in [1.54, 1.807) is 24.5 Å². The number of nitrogens with one attached hydrogen (secondary N) is 1. The van der Waals surface area contributed by atoms with Gasteiger partial charge in [0.25, 0.3) is 0 Å². The summed E-state index contributed by atoms with van der Waals surface area (Å²) in [5.74, 6) is 1.60. The number of thiophene rings is 1. The Labute approximate surface area is 168 Å². The lowest BCUT2D eigenvalue weighted by Gasteiger charge is -2.25. The minimum absolute atomic E-state index is 0.0178. The van der Waals surface area contributed by atoms with E-state index in [0.29, 0.717) is 13.0 Å². The topological polar surface area (TPSA) is 47.6 Å². The monoisotopic (exact) mass is 391 g/mol. The van der Waals surface area contributed by atoms with Crippen LogP contribution in [0.3, 0.4) is 0 Å². The number of carbonyl (C=O) groups excluding carboxylic acids is 1. The second-order valence-electron chi connectivity index (χ2n) is 6.56. The van der Waals surface area contributed by atoms with E-state index in [2.05, 4.69) is 17.3 Å². The van der Waals surface area contributed by atoms with E-state index >= 15 is 0 Å². The molecule has 0 aliphatic carbocycles. The van der Waals surface area contributed by atoms with Gasteiger partial charge < -0.3 is 14.8 Å². The van der Waals surface area contributed by atoms with Gasteiger partial charge in [-0.1, -0.05) is 43.0 Å². The number of methoxy groups -OCH3 is 1. The molecule has 1 N–H and O–H groups in total. The van der Waals surface area contributed by atoms with E-state index in [1.807, 2.05) is 48.5 Å². The minimum atomic E-state index is -0.0261. The predicted octanol–water partition coefficient (Wildman–Crippen LogP) is 5.46. The Bertz CT molecular complexity index is 1010. The second-order valence-corrected chi connectivity index (χ2v) is 7.47. The van der Waals surface area contributed by atoms with Crippen molar-refractivity contribution in [2.45, 2.75) is 12.3 Å². The second kappa shape index (κ2) is 7.90. The molecule has 0 unspecified atom stereocenters. The molecule has 1 aliphatic rings. The first kappa shape index (κ1) is 18.3. The Morgan fingerprint density at radius 3 is 2.75 bits per heavy atom. The summed E-state index contributed by atoms with van der Waals surface area (Å²) in [6.07, 6.45) is 2.13. The van der Waals surface area contributed by atoms with Crippen molar-refractivity contribution in [2.24, 2.45) is 0 Å². The predicted molar refractivity (Wildman–Crippen MR) is 114 cm³/mol. The third-order valence-electron chi connectivity index (χ3n) is 4.84. The van der Waals surface area contributed by atoms with Crippen molar-refractivity contribution in [3.63, 3.8) is 0 Å². The molecule has 0 spiro atoms. The van der Waals surface area contributed by atoms with Gasteiger partial charge in [-0.15, -0.1) is 11.3 Å². The summed E-state index contributed by atoms with van der Waals surface area (Å²) >= 11 is 1.67. The highest BCUT2D eigenvalue weighted by atomic mass is 32.1. The van der Waals surface area contributed by atoms with E-state index in [1.165, 1.54) is 0 Å². The molecule has 1 aliphatic heterocycles. The smallest absolute Gasteiger partial charge is 0.225 e. The molecule has 0 radical (unpaired) electrons. The zero-order valence-corrected chi connectivity index (χ0v) is 16.4. The van der Waals surface area contributed by atoms with Gasteiger partial charge in [0.15, 0.2) is 0 Å². The van der Waals surface area contributed by atoms with Crippen LogP contribution in [-0.4, -0.2) is 19.6 Å². The van der Waals surface area contributed by atoms with Gasteiger partial charge in [0.1, 0.15) is 18.1 Å². The number of anilines is 1. The Morgan fingerprint density at radius 2 is 2.00 bits per heavy atom. The van der Waals surface area contributed by atoms with Crippen LogP contribution < -0.4 is 14.8 Å². The van der Waals surface area contributed by atoms with Gasteiger partial charge in [-0.05, 0) is 23.8 Å². The fourth-order valence-electron chi connectivity index (χ4n) is 3.51. The summed E-state index contributed by atoms with van der Waals surface area (Å²) < 4.78 is 11.1. The van der Waals surface area contributed by atoms with Crippen LogP contribution in [0.4, 0.5) is 5.69 Å². The van der Waals surface area contributed by atoms with Gasteiger partial charge in [0, 0.05) is 33.7 Å². The molecule has 0 saturated carbocycles. The van der Waals surface area contributed by atoms with Gasteiger partial charge in [0.05, 0.1) is 12.8 Å². The number of hydrogen-bond donors (Lipinski definition) is 1. The Hall–Kier alpha value is -3.05. The zero-order chi connectivity index (χ0) is 19.5. The van der Waals surface area contributed by atoms with E-state index in [9.17, 15) is 4.79 Å². The average molecular weight is 391 g/mol. The standard InChI is InChI=1S/C23H21NO3S/c1-3-12-27-20-7-5-4-6-17(20)18-13-21(25)24-22-19(14-28-23(18)22)15-8-10-16(26-2)11-9-15/h3-11,14,18H,1,12-13H2,2H3,(H,24,25)/t18-/m1/s1. The first-order valence-electron chi connectivity index (χ1n) is 9.09. The maximum absolute atomic E-state index is 12.5. The van der Waals surface area contributed by atoms with Gasteiger partial charge in [-0.25, -0.2) is 0 Å². The number of hydrogen-bond acceptors (Lipinski definition) is 4. The van der Waals surface area contributed by atoms with Crippen molar-refractivity contribution < 1.29 is 14.3 Å². The summed E-state index contributed by atoms with van der Waals surface area (Å²) in [6.45, 7) is 4.15. The molecule has 5 heteroatoms. The Balaban J connectivity index is 1.76. The van der Waals surface area contributed by atoms with Gasteiger partial charge in [0.2, 0.25) is 5.91 Å². The molecule has 2 aromatic carbocycles. The summed E-state index contributed by atoms with van der Waals surface area (Å²) in [6, 6.07) is 15.8. The van der Waals surface area contributed by atoms with Crippen LogP contribution in [0.2, 0.25) is 0 Å². The Kier molecular flexibility index (Phi) is 5.17. The van der Waals surface area contributed by atoms with Crippen LogP contribution >= 0.6 is 11.3 Å².